The molecule has 3 aromatic rings. The van der Waals surface area contributed by atoms with Gasteiger partial charge in [-0.3, -0.25) is 4.99 Å². The molecule has 31 heavy (non-hydrogen) atoms. The van der Waals surface area contributed by atoms with Gasteiger partial charge in [0.1, 0.15) is 17.2 Å². The third-order valence-corrected chi connectivity index (χ3v) is 3.71. The third kappa shape index (κ3) is 7.92. The number of halogens is 4. The molecule has 11 heteroatoms. The van der Waals surface area contributed by atoms with Crippen LogP contribution in [0.5, 0.6) is 11.5 Å². The number of aliphatic imine (C=N–C) groups is 1. The number of benzene rings is 2. The first-order valence-electron chi connectivity index (χ1n) is 8.94. The number of nitrogens with two attached hydrogens (primary N) is 1. The minimum atomic E-state index is -4.52. The van der Waals surface area contributed by atoms with Crippen LogP contribution in [0.4, 0.5) is 24.8 Å². The van der Waals surface area contributed by atoms with E-state index >= 15 is 0 Å². The van der Waals surface area contributed by atoms with Crippen molar-refractivity contribution in [2.24, 2.45) is 10.7 Å². The summed E-state index contributed by atoms with van der Waals surface area (Å²) in [5.74, 6) is 1.36. The molecule has 1 aromatic heterocycles. The standard InChI is InChI=1S/C20H19F3N6O.HI/c21-20(22,23)17-9-10-26-19(29-17)27-12-11-25-18(24)28-14-5-4-8-16(13-14)30-15-6-2-1-3-7-15;/h1-10,13H,11-12H2,(H3,24,25,28)(H,26,27,29);1H. The average Bonchev–Trinajstić information content (AvgIpc) is 2.72. The molecule has 0 bridgehead atoms. The van der Waals surface area contributed by atoms with E-state index in [1.807, 2.05) is 36.4 Å². The monoisotopic (exact) mass is 544 g/mol. The highest BCUT2D eigenvalue weighted by Gasteiger charge is 2.32. The van der Waals surface area contributed by atoms with Gasteiger partial charge in [0.25, 0.3) is 0 Å². The van der Waals surface area contributed by atoms with Gasteiger partial charge in [-0.15, -0.1) is 24.0 Å². The second kappa shape index (κ2) is 11.3. The Bertz CT molecular complexity index is 1000. The normalized spacial score (nSPS) is 11.4. The van der Waals surface area contributed by atoms with Crippen molar-refractivity contribution in [3.63, 3.8) is 0 Å². The van der Waals surface area contributed by atoms with Gasteiger partial charge in [-0.1, -0.05) is 24.3 Å². The summed E-state index contributed by atoms with van der Waals surface area (Å²) in [5, 5.41) is 5.62. The lowest BCUT2D eigenvalue weighted by Crippen LogP contribution is -2.24. The first kappa shape index (κ1) is 24.2. The lowest BCUT2D eigenvalue weighted by Gasteiger charge is -2.10. The van der Waals surface area contributed by atoms with E-state index in [1.54, 1.807) is 18.2 Å². The van der Waals surface area contributed by atoms with Crippen molar-refractivity contribution in [3.8, 4) is 11.5 Å². The third-order valence-electron chi connectivity index (χ3n) is 3.71. The minimum Gasteiger partial charge on any atom is -0.457 e. The Morgan fingerprint density at radius 1 is 1.03 bits per heavy atom. The lowest BCUT2D eigenvalue weighted by molar-refractivity contribution is -0.141. The number of ether oxygens (including phenoxy) is 1. The van der Waals surface area contributed by atoms with Crippen LogP contribution < -0.4 is 21.1 Å². The molecule has 1 heterocycles. The molecule has 0 unspecified atom stereocenters. The van der Waals surface area contributed by atoms with Crippen molar-refractivity contribution in [2.45, 2.75) is 6.18 Å². The first-order chi connectivity index (χ1) is 14.4. The summed E-state index contributed by atoms with van der Waals surface area (Å²) in [6.07, 6.45) is -3.48. The quantitative estimate of drug-likeness (QED) is 0.172. The summed E-state index contributed by atoms with van der Waals surface area (Å²) in [5.41, 5.74) is 5.53. The van der Waals surface area contributed by atoms with Crippen molar-refractivity contribution in [3.05, 3.63) is 72.6 Å². The highest BCUT2D eigenvalue weighted by molar-refractivity contribution is 14.0. The molecular formula is C20H20F3IN6O. The van der Waals surface area contributed by atoms with E-state index in [4.69, 9.17) is 10.5 Å². The van der Waals surface area contributed by atoms with Crippen molar-refractivity contribution >= 4 is 41.6 Å². The Labute approximate surface area is 194 Å². The molecule has 4 N–H and O–H groups in total. The highest BCUT2D eigenvalue weighted by Crippen LogP contribution is 2.27. The maximum absolute atomic E-state index is 12.6. The van der Waals surface area contributed by atoms with E-state index < -0.39 is 11.9 Å². The van der Waals surface area contributed by atoms with Gasteiger partial charge >= 0.3 is 6.18 Å². The predicted octanol–water partition coefficient (Wildman–Crippen LogP) is 4.74. The SMILES string of the molecule is I.NC(=NCCNc1nccc(C(F)(F)F)n1)Nc1cccc(Oc2ccccc2)c1. The number of alkyl halides is 3. The summed E-state index contributed by atoms with van der Waals surface area (Å²) in [7, 11) is 0. The fraction of sp³-hybridized carbons (Fsp3) is 0.150. The summed E-state index contributed by atoms with van der Waals surface area (Å²) >= 11 is 0. The van der Waals surface area contributed by atoms with Gasteiger partial charge in [0, 0.05) is 24.5 Å². The predicted molar refractivity (Wildman–Crippen MR) is 124 cm³/mol. The molecule has 0 atom stereocenters. The Balaban J connectivity index is 0.00000341. The van der Waals surface area contributed by atoms with Crippen LogP contribution in [-0.2, 0) is 6.18 Å². The van der Waals surface area contributed by atoms with Crippen LogP contribution in [-0.4, -0.2) is 29.0 Å². The molecule has 2 aromatic carbocycles. The van der Waals surface area contributed by atoms with E-state index in [0.717, 1.165) is 12.3 Å². The van der Waals surface area contributed by atoms with Crippen LogP contribution in [0.1, 0.15) is 5.69 Å². The number of para-hydroxylation sites is 1. The van der Waals surface area contributed by atoms with Gasteiger partial charge in [0.15, 0.2) is 5.96 Å². The number of hydrogen-bond acceptors (Lipinski definition) is 5. The van der Waals surface area contributed by atoms with Gasteiger partial charge in [-0.25, -0.2) is 9.97 Å². The molecule has 0 aliphatic heterocycles. The van der Waals surface area contributed by atoms with E-state index in [-0.39, 0.29) is 49.0 Å². The molecule has 0 fully saturated rings. The maximum Gasteiger partial charge on any atom is 0.433 e. The van der Waals surface area contributed by atoms with Crippen molar-refractivity contribution < 1.29 is 17.9 Å². The van der Waals surface area contributed by atoms with Crippen LogP contribution in [0.2, 0.25) is 0 Å². The molecule has 7 nitrogen and oxygen atoms in total. The van der Waals surface area contributed by atoms with Crippen LogP contribution in [0.3, 0.4) is 0 Å². The Morgan fingerprint density at radius 3 is 2.52 bits per heavy atom. The lowest BCUT2D eigenvalue weighted by atomic mass is 10.3. The van der Waals surface area contributed by atoms with Crippen molar-refractivity contribution in [1.82, 2.24) is 9.97 Å². The van der Waals surface area contributed by atoms with E-state index in [1.165, 1.54) is 0 Å². The molecule has 3 rings (SSSR count). The van der Waals surface area contributed by atoms with Crippen LogP contribution >= 0.6 is 24.0 Å². The molecule has 0 aliphatic carbocycles. The number of hydrogen-bond donors (Lipinski definition) is 3. The van der Waals surface area contributed by atoms with Crippen LogP contribution in [0.15, 0.2) is 71.9 Å². The number of nitrogens with zero attached hydrogens (tertiary/aromatic N) is 3. The van der Waals surface area contributed by atoms with Gasteiger partial charge in [-0.2, -0.15) is 13.2 Å². The molecule has 0 saturated heterocycles. The largest absolute Gasteiger partial charge is 0.457 e. The Kier molecular flexibility index (Phi) is 8.85. The number of aromatic nitrogens is 2. The Morgan fingerprint density at radius 2 is 1.77 bits per heavy atom. The van der Waals surface area contributed by atoms with Crippen LogP contribution in [0.25, 0.3) is 0 Å². The highest BCUT2D eigenvalue weighted by atomic mass is 127. The average molecular weight is 544 g/mol. The summed E-state index contributed by atoms with van der Waals surface area (Å²) in [6.45, 7) is 0.416. The van der Waals surface area contributed by atoms with Gasteiger partial charge in [0.2, 0.25) is 5.95 Å². The second-order valence-electron chi connectivity index (χ2n) is 6.02. The number of anilines is 2. The van der Waals surface area contributed by atoms with Crippen molar-refractivity contribution in [1.29, 1.82) is 0 Å². The zero-order valence-corrected chi connectivity index (χ0v) is 18.5. The maximum atomic E-state index is 12.6. The summed E-state index contributed by atoms with van der Waals surface area (Å²) < 4.78 is 43.7. The fourth-order valence-electron chi connectivity index (χ4n) is 2.40. The molecule has 0 saturated carbocycles. The van der Waals surface area contributed by atoms with Crippen molar-refractivity contribution in [2.75, 3.05) is 23.7 Å². The van der Waals surface area contributed by atoms with Gasteiger partial charge in [-0.05, 0) is 30.3 Å². The molecule has 0 amide bonds. The molecule has 0 aliphatic rings. The molecule has 164 valence electrons. The smallest absolute Gasteiger partial charge is 0.433 e. The van der Waals surface area contributed by atoms with Gasteiger partial charge in [0.05, 0.1) is 6.54 Å². The zero-order valence-electron chi connectivity index (χ0n) is 16.1. The van der Waals surface area contributed by atoms with Gasteiger partial charge < -0.3 is 21.1 Å². The number of nitrogens with one attached hydrogen (secondary N) is 2. The van der Waals surface area contributed by atoms with E-state index in [0.29, 0.717) is 17.2 Å². The molecular weight excluding hydrogens is 524 g/mol. The molecule has 0 radical (unpaired) electrons. The van der Waals surface area contributed by atoms with Crippen LogP contribution in [0, 0.1) is 0 Å². The van der Waals surface area contributed by atoms with E-state index in [9.17, 15) is 13.2 Å². The summed E-state index contributed by atoms with van der Waals surface area (Å²) in [6, 6.07) is 17.3. The Hall–Kier alpha value is -3.09. The second-order valence-corrected chi connectivity index (χ2v) is 6.02. The van der Waals surface area contributed by atoms with E-state index in [2.05, 4.69) is 25.6 Å². The number of rotatable bonds is 7. The summed E-state index contributed by atoms with van der Waals surface area (Å²) in [4.78, 5) is 11.3. The number of guanidine groups is 1. The first-order valence-corrected chi connectivity index (χ1v) is 8.94. The molecule has 0 spiro atoms. The topological polar surface area (TPSA) is 97.5 Å². The zero-order chi connectivity index (χ0) is 21.4. The minimum absolute atomic E-state index is 0. The fourth-order valence-corrected chi connectivity index (χ4v) is 2.40.